The molecule has 4 unspecified atom stereocenters. The van der Waals surface area contributed by atoms with Crippen molar-refractivity contribution in [2.24, 2.45) is 0 Å². The zero-order valence-corrected chi connectivity index (χ0v) is 41.4. The monoisotopic (exact) mass is 1000 g/mol. The molecule has 64 heavy (non-hydrogen) atoms. The number of aliphatic hydroxyl groups excluding tert-OH is 3. The van der Waals surface area contributed by atoms with Crippen molar-refractivity contribution in [1.82, 2.24) is 0 Å². The Bertz CT molecular complexity index is 1370. The average molecular weight is 1000 g/mol. The largest absolute Gasteiger partial charge is 0.472 e. The minimum atomic E-state index is -5.60. The molecule has 8 atom stereocenters. The molecule has 0 aromatic carbocycles. The molecule has 1 fully saturated rings. The molecule has 0 amide bonds. The van der Waals surface area contributed by atoms with E-state index >= 15 is 0 Å². The number of hydrogen-bond acceptors (Lipinski definition) is 15. The van der Waals surface area contributed by atoms with E-state index in [2.05, 4.69) is 28.6 Å². The molecule has 1 aliphatic carbocycles. The normalized spacial score (nSPS) is 22.0. The van der Waals surface area contributed by atoms with Crippen molar-refractivity contribution in [3.8, 4) is 0 Å². The first-order valence-electron chi connectivity index (χ1n) is 23.4. The van der Waals surface area contributed by atoms with E-state index < -0.39 is 91.3 Å². The first-order valence-corrected chi connectivity index (χ1v) is 28.6. The number of hydrogen-bond donors (Lipinski definition) is 9. The van der Waals surface area contributed by atoms with Crippen molar-refractivity contribution in [1.29, 1.82) is 0 Å². The van der Waals surface area contributed by atoms with E-state index in [4.69, 9.17) is 18.5 Å². The quantitative estimate of drug-likeness (QED) is 0.0122. The molecule has 0 aromatic heterocycles. The number of rotatable bonds is 41. The van der Waals surface area contributed by atoms with Crippen molar-refractivity contribution >= 4 is 48.0 Å². The fourth-order valence-corrected chi connectivity index (χ4v) is 9.77. The number of ether oxygens (including phenoxy) is 2. The number of aliphatic hydroxyl groups is 3. The van der Waals surface area contributed by atoms with Gasteiger partial charge in [0.2, 0.25) is 0 Å². The van der Waals surface area contributed by atoms with Gasteiger partial charge in [-0.3, -0.25) is 27.7 Å². The van der Waals surface area contributed by atoms with Crippen LogP contribution in [0.25, 0.3) is 0 Å². The Morgan fingerprint density at radius 2 is 0.844 bits per heavy atom. The number of thiol groups is 1. The molecule has 1 saturated carbocycles. The molecular weight excluding hydrogens is 921 g/mol. The molecule has 0 radical (unpaired) electrons. The second kappa shape index (κ2) is 35.6. The van der Waals surface area contributed by atoms with Crippen LogP contribution in [0.2, 0.25) is 0 Å². The van der Waals surface area contributed by atoms with Gasteiger partial charge < -0.3 is 49.3 Å². The van der Waals surface area contributed by atoms with Crippen LogP contribution in [0.4, 0.5) is 0 Å². The number of phosphoric ester groups is 3. The lowest BCUT2D eigenvalue weighted by Gasteiger charge is -2.44. The van der Waals surface area contributed by atoms with Gasteiger partial charge in [-0.2, -0.15) is 12.6 Å². The minimum absolute atomic E-state index is 0.00334. The van der Waals surface area contributed by atoms with Crippen molar-refractivity contribution in [3.05, 3.63) is 0 Å². The van der Waals surface area contributed by atoms with Crippen LogP contribution in [0.1, 0.15) is 187 Å². The molecule has 1 rings (SSSR count). The molecule has 0 saturated heterocycles. The molecule has 1 aliphatic rings. The summed E-state index contributed by atoms with van der Waals surface area (Å²) in [5.41, 5.74) is 0. The molecule has 23 heteroatoms. The summed E-state index contributed by atoms with van der Waals surface area (Å²) in [7, 11) is -16.6. The average Bonchev–Trinajstić information content (AvgIpc) is 3.22. The maximum Gasteiger partial charge on any atom is 0.472 e. The maximum atomic E-state index is 13.1. The molecule has 380 valence electrons. The van der Waals surface area contributed by atoms with E-state index in [-0.39, 0.29) is 12.8 Å². The molecule has 0 aliphatic heterocycles. The SMILES string of the molecule is CCCCCCCCCCCCCCCC(=O)O[C@H](COC(=O)CCCCCCCCCCCCCCCS)COP(=O)(O)OC1C(O)[C@H](OP(=O)(O)O)C(OP(=O)(O)O)[C@H](O)[C@@H]1O. The van der Waals surface area contributed by atoms with Crippen molar-refractivity contribution in [3.63, 3.8) is 0 Å². The van der Waals surface area contributed by atoms with E-state index in [0.717, 1.165) is 57.1 Å². The smallest absolute Gasteiger partial charge is 0.462 e. The van der Waals surface area contributed by atoms with Crippen molar-refractivity contribution < 1.29 is 90.6 Å². The first kappa shape index (κ1) is 61.5. The van der Waals surface area contributed by atoms with Crippen LogP contribution in [0.15, 0.2) is 0 Å². The highest BCUT2D eigenvalue weighted by Crippen LogP contribution is 2.51. The lowest BCUT2D eigenvalue weighted by molar-refractivity contribution is -0.213. The lowest BCUT2D eigenvalue weighted by Crippen LogP contribution is -2.65. The maximum absolute atomic E-state index is 13.1. The summed E-state index contributed by atoms with van der Waals surface area (Å²) >= 11 is 4.24. The van der Waals surface area contributed by atoms with Crippen LogP contribution in [0.3, 0.4) is 0 Å². The molecule has 0 bridgehead atoms. The highest BCUT2D eigenvalue weighted by Gasteiger charge is 2.56. The third-order valence-corrected chi connectivity index (χ3v) is 13.3. The van der Waals surface area contributed by atoms with E-state index in [1.54, 1.807) is 0 Å². The van der Waals surface area contributed by atoms with Gasteiger partial charge in [0, 0.05) is 12.8 Å². The van der Waals surface area contributed by atoms with Gasteiger partial charge in [-0.05, 0) is 25.0 Å². The molecule has 0 spiro atoms. The first-order chi connectivity index (χ1) is 30.3. The summed E-state index contributed by atoms with van der Waals surface area (Å²) in [5, 5.41) is 31.8. The third-order valence-electron chi connectivity index (χ3n) is 11.0. The van der Waals surface area contributed by atoms with Gasteiger partial charge >= 0.3 is 35.4 Å². The summed E-state index contributed by atoms with van der Waals surface area (Å²) in [6.45, 7) is 0.730. The van der Waals surface area contributed by atoms with E-state index in [9.17, 15) is 63.1 Å². The van der Waals surface area contributed by atoms with Crippen molar-refractivity contribution in [2.75, 3.05) is 19.0 Å². The number of unbranched alkanes of at least 4 members (excludes halogenated alkanes) is 24. The fourth-order valence-electron chi connectivity index (χ4n) is 7.45. The number of carbonyl (C=O) groups is 2. The zero-order valence-electron chi connectivity index (χ0n) is 37.8. The molecule has 0 heterocycles. The lowest BCUT2D eigenvalue weighted by atomic mass is 9.85. The topological polar surface area (TPSA) is 303 Å². The van der Waals surface area contributed by atoms with E-state index in [1.165, 1.54) is 103 Å². The molecule has 8 N–H and O–H groups in total. The van der Waals surface area contributed by atoms with Crippen LogP contribution in [-0.2, 0) is 50.9 Å². The Balaban J connectivity index is 2.73. The Kier molecular flexibility index (Phi) is 34.2. The van der Waals surface area contributed by atoms with Crippen LogP contribution in [0.5, 0.6) is 0 Å². The zero-order chi connectivity index (χ0) is 47.9. The third kappa shape index (κ3) is 31.5. The van der Waals surface area contributed by atoms with Gasteiger partial charge in [0.1, 0.15) is 43.2 Å². The fraction of sp³-hybridized carbons (Fsp3) is 0.951. The highest BCUT2D eigenvalue weighted by atomic mass is 32.1. The summed E-state index contributed by atoms with van der Waals surface area (Å²) in [6, 6.07) is 0. The second-order valence-corrected chi connectivity index (χ2v) is 21.0. The number of phosphoric acid groups is 3. The van der Waals surface area contributed by atoms with Gasteiger partial charge in [0.25, 0.3) is 0 Å². The summed E-state index contributed by atoms with van der Waals surface area (Å²) in [4.78, 5) is 73.1. The Morgan fingerprint density at radius 3 is 1.25 bits per heavy atom. The van der Waals surface area contributed by atoms with Gasteiger partial charge in [0.15, 0.2) is 6.10 Å². The molecule has 19 nitrogen and oxygen atoms in total. The predicted molar refractivity (Wildman–Crippen MR) is 242 cm³/mol. The molecule has 0 aromatic rings. The van der Waals surface area contributed by atoms with E-state index in [1.807, 2.05) is 0 Å². The summed E-state index contributed by atoms with van der Waals surface area (Å²) in [6.07, 6.45) is 12.4. The van der Waals surface area contributed by atoms with Crippen LogP contribution >= 0.6 is 36.1 Å². The summed E-state index contributed by atoms with van der Waals surface area (Å²) in [5.74, 6) is -0.345. The Hall–Kier alpha value is -0.500. The number of carbonyl (C=O) groups excluding carboxylic acids is 2. The molecular formula is C41H81O19P3S. The van der Waals surface area contributed by atoms with Gasteiger partial charge in [0.05, 0.1) is 6.61 Å². The summed E-state index contributed by atoms with van der Waals surface area (Å²) < 4.78 is 65.4. The Morgan fingerprint density at radius 1 is 0.484 bits per heavy atom. The van der Waals surface area contributed by atoms with E-state index in [0.29, 0.717) is 12.8 Å². The van der Waals surface area contributed by atoms with Gasteiger partial charge in [-0.1, -0.05) is 155 Å². The van der Waals surface area contributed by atoms with Crippen molar-refractivity contribution in [2.45, 2.75) is 229 Å². The second-order valence-electron chi connectivity index (χ2n) is 16.8. The van der Waals surface area contributed by atoms with Crippen LogP contribution in [0, 0.1) is 0 Å². The standard InChI is InChI=1S/C41H81O19P3S/c1-2-3-4-5-6-7-8-10-14-17-20-23-26-29-35(43)57-33(31-55-34(42)28-25-22-19-16-13-11-9-12-15-18-21-24-27-30-64)32-56-63(53,54)60-39-36(44)37(45)40(58-61(47,48)49)41(38(39)46)59-62(50,51)52/h33,36-41,44-46,64H,2-32H2,1H3,(H,53,54)(H2,47,48,49)(H2,50,51,52)/t33-,36+,37-,38?,39?,40?,41+/m1/s1. The van der Waals surface area contributed by atoms with Gasteiger partial charge in [-0.25, -0.2) is 13.7 Å². The highest BCUT2D eigenvalue weighted by molar-refractivity contribution is 7.80. The minimum Gasteiger partial charge on any atom is -0.462 e. The van der Waals surface area contributed by atoms with Crippen LogP contribution < -0.4 is 0 Å². The van der Waals surface area contributed by atoms with Gasteiger partial charge in [-0.15, -0.1) is 0 Å². The predicted octanol–water partition coefficient (Wildman–Crippen LogP) is 7.87. The Labute approximate surface area is 385 Å². The van der Waals surface area contributed by atoms with Crippen LogP contribution in [-0.4, -0.2) is 113 Å². The number of esters is 2.